The minimum Gasteiger partial charge on any atom is -0.444 e. The Bertz CT molecular complexity index is 1070. The highest BCUT2D eigenvalue weighted by Gasteiger charge is 2.52. The number of fused-ring (bicyclic) bond motifs is 2. The van der Waals surface area contributed by atoms with E-state index in [9.17, 15) is 14.9 Å². The van der Waals surface area contributed by atoms with Crippen LogP contribution in [0, 0.1) is 29.0 Å². The SMILES string of the molecule is CC(C)(C)OC(=O)N1[C@@H]2CC[C@@H](C2)[C@H]1C(=O)C[C@H](C#N)Cc1ccc(N2CCN(C3CC3)CC2)cc1F. The average molecular weight is 511 g/mol. The van der Waals surface area contributed by atoms with Gasteiger partial charge in [0, 0.05) is 50.4 Å². The quantitative estimate of drug-likeness (QED) is 0.536. The number of piperazine rings is 1. The molecule has 2 aliphatic heterocycles. The van der Waals surface area contributed by atoms with Gasteiger partial charge in [0.15, 0.2) is 5.78 Å². The van der Waals surface area contributed by atoms with Crippen LogP contribution in [0.4, 0.5) is 14.9 Å². The molecule has 0 spiro atoms. The van der Waals surface area contributed by atoms with Crippen molar-refractivity contribution < 1.29 is 18.7 Å². The predicted octanol–water partition coefficient (Wildman–Crippen LogP) is 4.54. The maximum atomic E-state index is 15.1. The maximum absolute atomic E-state index is 15.1. The van der Waals surface area contributed by atoms with E-state index in [0.717, 1.165) is 57.2 Å². The summed E-state index contributed by atoms with van der Waals surface area (Å²) in [4.78, 5) is 32.7. The highest BCUT2D eigenvalue weighted by atomic mass is 19.1. The van der Waals surface area contributed by atoms with Crippen LogP contribution in [0.2, 0.25) is 0 Å². The van der Waals surface area contributed by atoms with Gasteiger partial charge >= 0.3 is 6.09 Å². The van der Waals surface area contributed by atoms with Gasteiger partial charge in [-0.3, -0.25) is 14.6 Å². The summed E-state index contributed by atoms with van der Waals surface area (Å²) in [5, 5.41) is 9.82. The second-order valence-electron chi connectivity index (χ2n) is 12.3. The molecule has 0 N–H and O–H groups in total. The zero-order valence-electron chi connectivity index (χ0n) is 22.3. The summed E-state index contributed by atoms with van der Waals surface area (Å²) in [6.45, 7) is 9.25. The van der Waals surface area contributed by atoms with E-state index < -0.39 is 23.7 Å². The highest BCUT2D eigenvalue weighted by molar-refractivity contribution is 5.89. The summed E-state index contributed by atoms with van der Waals surface area (Å²) in [7, 11) is 0. The molecule has 2 saturated heterocycles. The Morgan fingerprint density at radius 2 is 1.81 bits per heavy atom. The number of benzene rings is 1. The normalized spacial score (nSPS) is 26.7. The first-order valence-corrected chi connectivity index (χ1v) is 13.8. The van der Waals surface area contributed by atoms with Gasteiger partial charge in [-0.1, -0.05) is 6.07 Å². The number of rotatable bonds is 7. The van der Waals surface area contributed by atoms with Crippen molar-refractivity contribution in [2.45, 2.75) is 89.4 Å². The van der Waals surface area contributed by atoms with Gasteiger partial charge in [0.25, 0.3) is 0 Å². The number of ether oxygens (including phenoxy) is 1. The lowest BCUT2D eigenvalue weighted by molar-refractivity contribution is -0.126. The third-order valence-electron chi connectivity index (χ3n) is 8.40. The van der Waals surface area contributed by atoms with Crippen LogP contribution >= 0.6 is 0 Å². The Hall–Kier alpha value is -2.66. The van der Waals surface area contributed by atoms with Crippen molar-refractivity contribution in [2.75, 3.05) is 31.1 Å². The van der Waals surface area contributed by atoms with Crippen LogP contribution < -0.4 is 4.90 Å². The number of carbonyl (C=O) groups excluding carboxylic acids is 2. The number of likely N-dealkylation sites (tertiary alicyclic amines) is 1. The number of hydrogen-bond donors (Lipinski definition) is 0. The summed E-state index contributed by atoms with van der Waals surface area (Å²) in [5.74, 6) is -0.976. The molecular weight excluding hydrogens is 471 g/mol. The number of piperidine rings is 1. The van der Waals surface area contributed by atoms with E-state index in [4.69, 9.17) is 4.74 Å². The number of nitriles is 1. The van der Waals surface area contributed by atoms with Crippen LogP contribution in [0.1, 0.15) is 64.9 Å². The number of nitrogens with zero attached hydrogens (tertiary/aromatic N) is 4. The first kappa shape index (κ1) is 26.0. The molecule has 2 bridgehead atoms. The minimum absolute atomic E-state index is 0.00794. The highest BCUT2D eigenvalue weighted by Crippen LogP contribution is 2.44. The van der Waals surface area contributed by atoms with E-state index in [2.05, 4.69) is 15.9 Å². The molecule has 4 aliphatic rings. The van der Waals surface area contributed by atoms with Gasteiger partial charge in [-0.15, -0.1) is 0 Å². The Morgan fingerprint density at radius 1 is 1.11 bits per heavy atom. The van der Waals surface area contributed by atoms with Crippen LogP contribution in [0.25, 0.3) is 0 Å². The lowest BCUT2D eigenvalue weighted by atomic mass is 9.88. The molecule has 2 aliphatic carbocycles. The summed E-state index contributed by atoms with van der Waals surface area (Å²) >= 11 is 0. The zero-order chi connectivity index (χ0) is 26.3. The lowest BCUT2D eigenvalue weighted by Crippen LogP contribution is -2.51. The van der Waals surface area contributed by atoms with Crippen LogP contribution in [0.3, 0.4) is 0 Å². The third-order valence-corrected chi connectivity index (χ3v) is 8.40. The Kier molecular flexibility index (Phi) is 7.19. The van der Waals surface area contributed by atoms with Gasteiger partial charge in [0.2, 0.25) is 0 Å². The number of Topliss-reactive ketones (excluding diaryl/α,β-unsaturated/α-hetero) is 1. The van der Waals surface area contributed by atoms with Gasteiger partial charge in [-0.05, 0) is 82.9 Å². The Balaban J connectivity index is 1.21. The van der Waals surface area contributed by atoms with Crippen LogP contribution in [-0.4, -0.2) is 71.6 Å². The van der Waals surface area contributed by atoms with Crippen molar-refractivity contribution in [3.05, 3.63) is 29.6 Å². The zero-order valence-corrected chi connectivity index (χ0v) is 22.3. The van der Waals surface area contributed by atoms with Gasteiger partial charge in [0.05, 0.1) is 18.0 Å². The summed E-state index contributed by atoms with van der Waals surface area (Å²) in [6.07, 6.45) is 4.92. The second-order valence-corrected chi connectivity index (χ2v) is 12.3. The standard InChI is InChI=1S/C29H39FN4O3/c1-29(2,3)37-28(36)34-24-7-5-21(16-24)27(34)26(35)15-19(18-31)14-20-4-6-23(17-25(20)30)33-12-10-32(11-13-33)22-8-9-22/h4,6,17,19,21-22,24,27H,5,7-16H2,1-3H3/t19-,21+,24-,27+/m1/s1. The van der Waals surface area contributed by atoms with E-state index in [1.54, 1.807) is 17.0 Å². The van der Waals surface area contributed by atoms with Gasteiger partial charge in [-0.2, -0.15) is 5.26 Å². The minimum atomic E-state index is -0.644. The topological polar surface area (TPSA) is 76.9 Å². The van der Waals surface area contributed by atoms with Gasteiger partial charge in [-0.25, -0.2) is 9.18 Å². The molecule has 1 aromatic rings. The fourth-order valence-electron chi connectivity index (χ4n) is 6.46. The fraction of sp³-hybridized carbons (Fsp3) is 0.690. The first-order valence-electron chi connectivity index (χ1n) is 13.8. The van der Waals surface area contributed by atoms with E-state index in [1.807, 2.05) is 26.8 Å². The van der Waals surface area contributed by atoms with Crippen molar-refractivity contribution in [3.63, 3.8) is 0 Å². The van der Waals surface area contributed by atoms with E-state index in [1.165, 1.54) is 12.8 Å². The summed E-state index contributed by atoms with van der Waals surface area (Å²) < 4.78 is 20.7. The molecule has 8 heteroatoms. The van der Waals surface area contributed by atoms with Gasteiger partial charge < -0.3 is 9.64 Å². The van der Waals surface area contributed by atoms with Crippen molar-refractivity contribution in [2.24, 2.45) is 11.8 Å². The molecule has 4 fully saturated rings. The Labute approximate surface area is 219 Å². The number of amides is 1. The molecule has 5 rings (SSSR count). The monoisotopic (exact) mass is 510 g/mol. The summed E-state index contributed by atoms with van der Waals surface area (Å²) in [6, 6.07) is 7.70. The number of hydrogen-bond acceptors (Lipinski definition) is 6. The van der Waals surface area contributed by atoms with Gasteiger partial charge in [0.1, 0.15) is 11.4 Å². The molecule has 2 heterocycles. The molecule has 0 radical (unpaired) electrons. The largest absolute Gasteiger partial charge is 0.444 e. The molecule has 37 heavy (non-hydrogen) atoms. The van der Waals surface area contributed by atoms with Crippen molar-refractivity contribution in [3.8, 4) is 6.07 Å². The average Bonchev–Trinajstić information content (AvgIpc) is 3.50. The fourth-order valence-corrected chi connectivity index (χ4v) is 6.46. The van der Waals surface area contributed by atoms with E-state index in [0.29, 0.717) is 5.56 Å². The number of anilines is 1. The second kappa shape index (κ2) is 10.2. The van der Waals surface area contributed by atoms with Crippen LogP contribution in [-0.2, 0) is 16.0 Å². The Morgan fingerprint density at radius 3 is 2.43 bits per heavy atom. The molecule has 1 amide bonds. The molecular formula is C29H39FN4O3. The first-order chi connectivity index (χ1) is 17.6. The molecule has 2 saturated carbocycles. The molecule has 4 atom stereocenters. The van der Waals surface area contributed by atoms with Crippen LogP contribution in [0.5, 0.6) is 0 Å². The molecule has 200 valence electrons. The van der Waals surface area contributed by atoms with Crippen LogP contribution in [0.15, 0.2) is 18.2 Å². The van der Waals surface area contributed by atoms with Crippen molar-refractivity contribution >= 4 is 17.6 Å². The number of halogens is 1. The molecule has 1 aromatic carbocycles. The molecule has 0 aromatic heterocycles. The molecule has 0 unspecified atom stereocenters. The van der Waals surface area contributed by atoms with E-state index in [-0.39, 0.29) is 36.4 Å². The van der Waals surface area contributed by atoms with Crippen molar-refractivity contribution in [1.82, 2.24) is 9.80 Å². The van der Waals surface area contributed by atoms with Crippen molar-refractivity contribution in [1.29, 1.82) is 5.26 Å². The molecule has 7 nitrogen and oxygen atoms in total. The van der Waals surface area contributed by atoms with E-state index >= 15 is 4.39 Å². The summed E-state index contributed by atoms with van der Waals surface area (Å²) in [5.41, 5.74) is 0.684. The smallest absolute Gasteiger partial charge is 0.411 e. The lowest BCUT2D eigenvalue weighted by Gasteiger charge is -2.36. The predicted molar refractivity (Wildman–Crippen MR) is 139 cm³/mol. The number of ketones is 1. The maximum Gasteiger partial charge on any atom is 0.411 e. The third kappa shape index (κ3) is 5.77. The number of carbonyl (C=O) groups is 2.